The van der Waals surface area contributed by atoms with Gasteiger partial charge in [-0.15, -0.1) is 0 Å². The van der Waals surface area contributed by atoms with E-state index in [2.05, 4.69) is 14.9 Å². The van der Waals surface area contributed by atoms with Crippen LogP contribution in [0.1, 0.15) is 24.2 Å². The third-order valence-corrected chi connectivity index (χ3v) is 4.41. The van der Waals surface area contributed by atoms with E-state index < -0.39 is 0 Å². The number of aromatic nitrogens is 2. The van der Waals surface area contributed by atoms with Crippen LogP contribution >= 0.6 is 0 Å². The van der Waals surface area contributed by atoms with Crippen LogP contribution < -0.4 is 0 Å². The van der Waals surface area contributed by atoms with E-state index in [9.17, 15) is 0 Å². The van der Waals surface area contributed by atoms with Crippen molar-refractivity contribution >= 4 is 0 Å². The van der Waals surface area contributed by atoms with E-state index in [0.717, 1.165) is 70.2 Å². The van der Waals surface area contributed by atoms with E-state index in [1.54, 1.807) is 0 Å². The van der Waals surface area contributed by atoms with Crippen molar-refractivity contribution < 1.29 is 9.47 Å². The van der Waals surface area contributed by atoms with E-state index in [-0.39, 0.29) is 0 Å². The summed E-state index contributed by atoms with van der Waals surface area (Å²) in [4.78, 5) is 11.4. The molecule has 116 valence electrons. The monoisotopic (exact) mass is 291 g/mol. The van der Waals surface area contributed by atoms with Gasteiger partial charge in [0.05, 0.1) is 24.6 Å². The van der Waals surface area contributed by atoms with Crippen LogP contribution in [-0.4, -0.2) is 60.4 Å². The molecule has 3 heterocycles. The SMILES string of the molecule is Cc1cnc(C[C@H]2COCCN(C3CCOCC3)C2)cn1. The fraction of sp³-hybridized carbons (Fsp3) is 0.750. The summed E-state index contributed by atoms with van der Waals surface area (Å²) < 4.78 is 11.3. The Bertz CT molecular complexity index is 432. The molecule has 0 amide bonds. The summed E-state index contributed by atoms with van der Waals surface area (Å²) in [7, 11) is 0. The van der Waals surface area contributed by atoms with E-state index in [1.165, 1.54) is 0 Å². The number of hydrogen-bond acceptors (Lipinski definition) is 5. The van der Waals surface area contributed by atoms with Gasteiger partial charge < -0.3 is 9.47 Å². The van der Waals surface area contributed by atoms with Crippen LogP contribution in [0.3, 0.4) is 0 Å². The molecular weight excluding hydrogens is 266 g/mol. The van der Waals surface area contributed by atoms with Crippen molar-refractivity contribution in [2.75, 3.05) is 39.5 Å². The van der Waals surface area contributed by atoms with Gasteiger partial charge in [0.1, 0.15) is 0 Å². The lowest BCUT2D eigenvalue weighted by Gasteiger charge is -2.34. The molecule has 5 nitrogen and oxygen atoms in total. The zero-order valence-corrected chi connectivity index (χ0v) is 12.8. The molecule has 0 radical (unpaired) electrons. The predicted octanol–water partition coefficient (Wildman–Crippen LogP) is 1.45. The maximum absolute atomic E-state index is 5.80. The van der Waals surface area contributed by atoms with Crippen LogP contribution in [0.15, 0.2) is 12.4 Å². The van der Waals surface area contributed by atoms with Gasteiger partial charge in [-0.3, -0.25) is 14.9 Å². The Labute approximate surface area is 126 Å². The standard InChI is InChI=1S/C16H25N3O2/c1-13-9-18-15(10-17-13)8-14-11-19(4-7-21-12-14)16-2-5-20-6-3-16/h9-10,14,16H,2-8,11-12H2,1H3/t14-/m1/s1. The smallest absolute Gasteiger partial charge is 0.0593 e. The van der Waals surface area contributed by atoms with Gasteiger partial charge in [0.2, 0.25) is 0 Å². The minimum Gasteiger partial charge on any atom is -0.381 e. The lowest BCUT2D eigenvalue weighted by Crippen LogP contribution is -2.42. The molecular formula is C16H25N3O2. The second kappa shape index (κ2) is 7.29. The lowest BCUT2D eigenvalue weighted by molar-refractivity contribution is 0.0308. The van der Waals surface area contributed by atoms with E-state index >= 15 is 0 Å². The lowest BCUT2D eigenvalue weighted by atomic mass is 10.0. The minimum atomic E-state index is 0.507. The molecule has 0 bridgehead atoms. The summed E-state index contributed by atoms with van der Waals surface area (Å²) in [5, 5.41) is 0. The maximum Gasteiger partial charge on any atom is 0.0593 e. The molecule has 5 heteroatoms. The van der Waals surface area contributed by atoms with Crippen molar-refractivity contribution in [1.29, 1.82) is 0 Å². The summed E-state index contributed by atoms with van der Waals surface area (Å²) in [6.07, 6.45) is 7.00. The van der Waals surface area contributed by atoms with E-state index in [4.69, 9.17) is 9.47 Å². The molecule has 2 fully saturated rings. The third-order valence-electron chi connectivity index (χ3n) is 4.41. The Hall–Kier alpha value is -1.04. The Balaban J connectivity index is 1.60. The summed E-state index contributed by atoms with van der Waals surface area (Å²) in [5.74, 6) is 0.507. The quantitative estimate of drug-likeness (QED) is 0.843. The van der Waals surface area contributed by atoms with Gasteiger partial charge in [0.15, 0.2) is 0 Å². The molecule has 3 rings (SSSR count). The molecule has 0 spiro atoms. The average Bonchev–Trinajstić information content (AvgIpc) is 2.76. The van der Waals surface area contributed by atoms with Crippen LogP contribution in [0.2, 0.25) is 0 Å². The first-order chi connectivity index (χ1) is 10.3. The molecule has 1 atom stereocenters. The molecule has 0 N–H and O–H groups in total. The minimum absolute atomic E-state index is 0.507. The van der Waals surface area contributed by atoms with Crippen molar-refractivity contribution in [1.82, 2.24) is 14.9 Å². The Morgan fingerprint density at radius 3 is 2.76 bits per heavy atom. The second-order valence-corrected chi connectivity index (χ2v) is 6.13. The molecule has 0 aliphatic carbocycles. The second-order valence-electron chi connectivity index (χ2n) is 6.13. The van der Waals surface area contributed by atoms with Crippen LogP contribution in [0.25, 0.3) is 0 Å². The molecule has 0 aromatic carbocycles. The summed E-state index contributed by atoms with van der Waals surface area (Å²) >= 11 is 0. The van der Waals surface area contributed by atoms with Gasteiger partial charge >= 0.3 is 0 Å². The Kier molecular flexibility index (Phi) is 5.17. The fourth-order valence-electron chi connectivity index (χ4n) is 3.23. The van der Waals surface area contributed by atoms with E-state index in [0.29, 0.717) is 12.0 Å². The molecule has 1 aromatic rings. The topological polar surface area (TPSA) is 47.5 Å². The third kappa shape index (κ3) is 4.22. The Morgan fingerprint density at radius 1 is 1.14 bits per heavy atom. The van der Waals surface area contributed by atoms with Crippen LogP contribution in [0, 0.1) is 12.8 Å². The number of rotatable bonds is 3. The van der Waals surface area contributed by atoms with Crippen molar-refractivity contribution in [3.63, 3.8) is 0 Å². The molecule has 0 unspecified atom stereocenters. The predicted molar refractivity (Wildman–Crippen MR) is 80.2 cm³/mol. The highest BCUT2D eigenvalue weighted by Crippen LogP contribution is 2.19. The maximum atomic E-state index is 5.80. The summed E-state index contributed by atoms with van der Waals surface area (Å²) in [6.45, 7) is 7.58. The first kappa shape index (κ1) is 14.9. The van der Waals surface area contributed by atoms with Crippen molar-refractivity contribution in [2.45, 2.75) is 32.2 Å². The fourth-order valence-corrected chi connectivity index (χ4v) is 3.23. The normalized spacial score (nSPS) is 25.7. The zero-order chi connectivity index (χ0) is 14.5. The van der Waals surface area contributed by atoms with Crippen LogP contribution in [-0.2, 0) is 15.9 Å². The Morgan fingerprint density at radius 2 is 2.00 bits per heavy atom. The molecule has 2 aliphatic rings. The first-order valence-corrected chi connectivity index (χ1v) is 7.98. The molecule has 2 aliphatic heterocycles. The van der Waals surface area contributed by atoms with Gasteiger partial charge in [-0.05, 0) is 26.2 Å². The molecule has 1 aromatic heterocycles. The number of hydrogen-bond donors (Lipinski definition) is 0. The number of ether oxygens (including phenoxy) is 2. The van der Waals surface area contributed by atoms with Crippen molar-refractivity contribution in [3.05, 3.63) is 23.8 Å². The van der Waals surface area contributed by atoms with Gasteiger partial charge in [-0.2, -0.15) is 0 Å². The number of nitrogens with zero attached hydrogens (tertiary/aromatic N) is 3. The largest absolute Gasteiger partial charge is 0.381 e. The van der Waals surface area contributed by atoms with Gasteiger partial charge in [0, 0.05) is 50.7 Å². The summed E-state index contributed by atoms with van der Waals surface area (Å²) in [5.41, 5.74) is 2.04. The van der Waals surface area contributed by atoms with Crippen molar-refractivity contribution in [3.8, 4) is 0 Å². The van der Waals surface area contributed by atoms with Crippen LogP contribution in [0.5, 0.6) is 0 Å². The highest BCUT2D eigenvalue weighted by atomic mass is 16.5. The molecule has 2 saturated heterocycles. The van der Waals surface area contributed by atoms with Crippen molar-refractivity contribution in [2.24, 2.45) is 5.92 Å². The van der Waals surface area contributed by atoms with Gasteiger partial charge in [-0.25, -0.2) is 0 Å². The van der Waals surface area contributed by atoms with Gasteiger partial charge in [-0.1, -0.05) is 0 Å². The average molecular weight is 291 g/mol. The molecule has 21 heavy (non-hydrogen) atoms. The van der Waals surface area contributed by atoms with Gasteiger partial charge in [0.25, 0.3) is 0 Å². The zero-order valence-electron chi connectivity index (χ0n) is 12.8. The summed E-state index contributed by atoms with van der Waals surface area (Å²) in [6, 6.07) is 0.659. The first-order valence-electron chi connectivity index (χ1n) is 7.98. The van der Waals surface area contributed by atoms with Crippen LogP contribution in [0.4, 0.5) is 0 Å². The molecule has 0 saturated carbocycles. The highest BCUT2D eigenvalue weighted by Gasteiger charge is 2.26. The number of aryl methyl sites for hydroxylation is 1. The highest BCUT2D eigenvalue weighted by molar-refractivity contribution is 5.02. The van der Waals surface area contributed by atoms with E-state index in [1.807, 2.05) is 19.3 Å².